The summed E-state index contributed by atoms with van der Waals surface area (Å²) in [6.45, 7) is 0. The van der Waals surface area contributed by atoms with E-state index in [1.54, 1.807) is 25.3 Å². The number of halogens is 1. The van der Waals surface area contributed by atoms with E-state index in [-0.39, 0.29) is 5.70 Å². The number of rotatable bonds is 4. The molecule has 0 atom stereocenters. The molecule has 0 aliphatic heterocycles. The fourth-order valence-corrected chi connectivity index (χ4v) is 1.65. The molecule has 0 saturated heterocycles. The zero-order valence-electron chi connectivity index (χ0n) is 9.75. The predicted molar refractivity (Wildman–Crippen MR) is 69.8 cm³/mol. The van der Waals surface area contributed by atoms with Gasteiger partial charge in [-0.2, -0.15) is 0 Å². The maximum Gasteiger partial charge on any atom is 0.340 e. The molecule has 0 aliphatic rings. The van der Waals surface area contributed by atoms with Crippen molar-refractivity contribution in [3.63, 3.8) is 0 Å². The monoisotopic (exact) mass is 311 g/mol. The molecule has 0 unspecified atom stereocenters. The van der Waals surface area contributed by atoms with E-state index >= 15 is 0 Å². The smallest absolute Gasteiger partial charge is 0.340 e. The minimum Gasteiger partial charge on any atom is -0.497 e. The van der Waals surface area contributed by atoms with Crippen LogP contribution < -0.4 is 4.74 Å². The molecule has 0 N–H and O–H groups in total. The molecule has 0 fully saturated rings. The van der Waals surface area contributed by atoms with Crippen molar-refractivity contribution in [3.8, 4) is 5.75 Å². The van der Waals surface area contributed by atoms with Gasteiger partial charge in [-0.3, -0.25) is 0 Å². The fourth-order valence-electron chi connectivity index (χ4n) is 1.18. The van der Waals surface area contributed by atoms with Crippen LogP contribution in [0.1, 0.15) is 5.56 Å². The molecule has 0 radical (unpaired) electrons. The van der Waals surface area contributed by atoms with E-state index in [4.69, 9.17) is 10.3 Å². The Morgan fingerprint density at radius 3 is 2.72 bits per heavy atom. The third-order valence-electron chi connectivity index (χ3n) is 2.05. The lowest BCUT2D eigenvalue weighted by Gasteiger charge is -2.04. The Labute approximate surface area is 112 Å². The van der Waals surface area contributed by atoms with Crippen molar-refractivity contribution in [1.82, 2.24) is 0 Å². The minimum atomic E-state index is -0.699. The number of benzene rings is 1. The Morgan fingerprint density at radius 2 is 2.22 bits per heavy atom. The molecular formula is C11H10BrN3O3. The largest absolute Gasteiger partial charge is 0.497 e. The van der Waals surface area contributed by atoms with E-state index in [1.807, 2.05) is 0 Å². The minimum absolute atomic E-state index is 0.120. The summed E-state index contributed by atoms with van der Waals surface area (Å²) < 4.78 is 10.3. The van der Waals surface area contributed by atoms with Crippen LogP contribution in [-0.2, 0) is 9.53 Å². The molecule has 0 spiro atoms. The van der Waals surface area contributed by atoms with Crippen LogP contribution in [0.3, 0.4) is 0 Å². The highest BCUT2D eigenvalue weighted by atomic mass is 79.9. The number of nitrogens with zero attached hydrogens (tertiary/aromatic N) is 3. The molecule has 1 rings (SSSR count). The van der Waals surface area contributed by atoms with Crippen LogP contribution in [0.15, 0.2) is 33.5 Å². The first-order chi connectivity index (χ1) is 8.62. The van der Waals surface area contributed by atoms with Gasteiger partial charge in [0.15, 0.2) is 0 Å². The van der Waals surface area contributed by atoms with E-state index in [0.29, 0.717) is 15.8 Å². The van der Waals surface area contributed by atoms with E-state index in [2.05, 4.69) is 30.7 Å². The highest BCUT2D eigenvalue weighted by Gasteiger charge is 2.09. The van der Waals surface area contributed by atoms with Crippen LogP contribution in [0.5, 0.6) is 5.75 Å². The summed E-state index contributed by atoms with van der Waals surface area (Å²) in [5, 5.41) is 3.29. The molecule has 0 amide bonds. The molecule has 94 valence electrons. The second kappa shape index (κ2) is 6.68. The molecular weight excluding hydrogens is 302 g/mol. The quantitative estimate of drug-likeness (QED) is 0.281. The van der Waals surface area contributed by atoms with E-state index in [9.17, 15) is 4.79 Å². The first-order valence-electron chi connectivity index (χ1n) is 4.81. The number of esters is 1. The number of ether oxygens (including phenoxy) is 2. The maximum absolute atomic E-state index is 11.3. The van der Waals surface area contributed by atoms with Gasteiger partial charge >= 0.3 is 5.97 Å². The van der Waals surface area contributed by atoms with Gasteiger partial charge in [-0.1, -0.05) is 27.1 Å². The summed E-state index contributed by atoms with van der Waals surface area (Å²) in [5.41, 5.74) is 8.94. The number of hydrogen-bond donors (Lipinski definition) is 0. The Balaban J connectivity index is 3.19. The fraction of sp³-hybridized carbons (Fsp3) is 0.182. The summed E-state index contributed by atoms with van der Waals surface area (Å²) in [7, 11) is 2.77. The van der Waals surface area contributed by atoms with Crippen molar-refractivity contribution in [3.05, 3.63) is 44.4 Å². The topological polar surface area (TPSA) is 84.3 Å². The molecule has 1 aromatic rings. The van der Waals surface area contributed by atoms with Crippen molar-refractivity contribution in [2.45, 2.75) is 0 Å². The third kappa shape index (κ3) is 3.51. The average molecular weight is 312 g/mol. The van der Waals surface area contributed by atoms with E-state index in [0.717, 1.165) is 0 Å². The third-order valence-corrected chi connectivity index (χ3v) is 2.73. The second-order valence-electron chi connectivity index (χ2n) is 3.10. The number of hydrogen-bond acceptors (Lipinski definition) is 4. The van der Waals surface area contributed by atoms with Crippen molar-refractivity contribution in [2.75, 3.05) is 14.2 Å². The van der Waals surface area contributed by atoms with Crippen molar-refractivity contribution >= 4 is 28.0 Å². The molecule has 0 saturated carbocycles. The Hall–Kier alpha value is -1.98. The summed E-state index contributed by atoms with van der Waals surface area (Å²) in [5.74, 6) is -0.0297. The van der Waals surface area contributed by atoms with Crippen LogP contribution in [0.25, 0.3) is 16.5 Å². The van der Waals surface area contributed by atoms with Gasteiger partial charge in [-0.15, -0.1) is 0 Å². The number of azide groups is 1. The van der Waals surface area contributed by atoms with Gasteiger partial charge in [0.25, 0.3) is 0 Å². The van der Waals surface area contributed by atoms with E-state index in [1.165, 1.54) is 13.2 Å². The molecule has 0 heterocycles. The molecule has 1 aromatic carbocycles. The number of carbonyl (C=O) groups excluding carboxylic acids is 1. The number of methoxy groups -OCH3 is 2. The number of carbonyl (C=O) groups is 1. The average Bonchev–Trinajstić information content (AvgIpc) is 2.39. The van der Waals surface area contributed by atoms with Gasteiger partial charge < -0.3 is 9.47 Å². The zero-order valence-corrected chi connectivity index (χ0v) is 11.3. The maximum atomic E-state index is 11.3. The molecule has 0 aromatic heterocycles. The SMILES string of the molecule is COC(=O)/C(=C/c1ccc(OC)cc1Br)N=[N+]=[N-]. The lowest BCUT2D eigenvalue weighted by Crippen LogP contribution is -2.02. The van der Waals surface area contributed by atoms with Crippen LogP contribution in [-0.4, -0.2) is 20.2 Å². The van der Waals surface area contributed by atoms with Gasteiger partial charge in [0.1, 0.15) is 11.4 Å². The van der Waals surface area contributed by atoms with Gasteiger partial charge in [0.05, 0.1) is 14.2 Å². The molecule has 0 bridgehead atoms. The van der Waals surface area contributed by atoms with Gasteiger partial charge in [-0.25, -0.2) is 4.79 Å². The zero-order chi connectivity index (χ0) is 13.5. The molecule has 6 nitrogen and oxygen atoms in total. The standard InChI is InChI=1S/C11H10BrN3O3/c1-17-8-4-3-7(9(12)6-8)5-10(14-15-13)11(16)18-2/h3-6H,1-2H3/b10-5-. The Kier molecular flexibility index (Phi) is 5.23. The summed E-state index contributed by atoms with van der Waals surface area (Å²) in [4.78, 5) is 13.9. The van der Waals surface area contributed by atoms with Gasteiger partial charge in [0, 0.05) is 9.38 Å². The molecule has 0 aliphatic carbocycles. The highest BCUT2D eigenvalue weighted by molar-refractivity contribution is 9.10. The van der Waals surface area contributed by atoms with Crippen molar-refractivity contribution in [2.24, 2.45) is 5.11 Å². The van der Waals surface area contributed by atoms with Crippen LogP contribution >= 0.6 is 15.9 Å². The first-order valence-corrected chi connectivity index (χ1v) is 5.60. The van der Waals surface area contributed by atoms with E-state index < -0.39 is 5.97 Å². The molecule has 7 heteroatoms. The van der Waals surface area contributed by atoms with Crippen LogP contribution in [0.4, 0.5) is 0 Å². The second-order valence-corrected chi connectivity index (χ2v) is 3.95. The Morgan fingerprint density at radius 1 is 1.50 bits per heavy atom. The summed E-state index contributed by atoms with van der Waals surface area (Å²) in [6, 6.07) is 5.18. The van der Waals surface area contributed by atoms with Crippen molar-refractivity contribution in [1.29, 1.82) is 0 Å². The van der Waals surface area contributed by atoms with Crippen molar-refractivity contribution < 1.29 is 14.3 Å². The normalized spacial score (nSPS) is 10.5. The predicted octanol–water partition coefficient (Wildman–Crippen LogP) is 3.28. The van der Waals surface area contributed by atoms with Gasteiger partial charge in [-0.05, 0) is 29.3 Å². The van der Waals surface area contributed by atoms with Crippen LogP contribution in [0, 0.1) is 0 Å². The lowest BCUT2D eigenvalue weighted by molar-refractivity contribution is -0.136. The van der Waals surface area contributed by atoms with Crippen LogP contribution in [0.2, 0.25) is 0 Å². The van der Waals surface area contributed by atoms with Gasteiger partial charge in [0.2, 0.25) is 0 Å². The highest BCUT2D eigenvalue weighted by Crippen LogP contribution is 2.25. The Bertz CT molecular complexity index is 536. The summed E-state index contributed by atoms with van der Waals surface area (Å²) in [6.07, 6.45) is 1.43. The lowest BCUT2D eigenvalue weighted by atomic mass is 10.2. The first kappa shape index (κ1) is 14.1. The molecule has 18 heavy (non-hydrogen) atoms. The summed E-state index contributed by atoms with van der Waals surface area (Å²) >= 11 is 3.33.